The summed E-state index contributed by atoms with van der Waals surface area (Å²) in [6.07, 6.45) is 0.557. The van der Waals surface area contributed by atoms with Crippen molar-refractivity contribution in [2.24, 2.45) is 17.6 Å². The summed E-state index contributed by atoms with van der Waals surface area (Å²) >= 11 is 5.35. The third-order valence-electron chi connectivity index (χ3n) is 3.94. The highest BCUT2D eigenvalue weighted by atomic mass is 79.9. The average molecular weight is 318 g/mol. The maximum Gasteiger partial charge on any atom is 0.0600 e. The molecule has 5 atom stereocenters. The lowest BCUT2D eigenvalue weighted by atomic mass is 9.83. The minimum atomic E-state index is 0.0833. The molecule has 1 aliphatic heterocycles. The van der Waals surface area contributed by atoms with E-state index >= 15 is 0 Å². The maximum absolute atomic E-state index is 6.44. The highest BCUT2D eigenvalue weighted by Crippen LogP contribution is 2.42. The summed E-state index contributed by atoms with van der Waals surface area (Å²) in [5.41, 5.74) is 6.44. The van der Waals surface area contributed by atoms with Crippen molar-refractivity contribution in [2.75, 3.05) is 0 Å². The van der Waals surface area contributed by atoms with Crippen molar-refractivity contribution < 1.29 is 4.74 Å². The van der Waals surface area contributed by atoms with Crippen LogP contribution >= 0.6 is 27.3 Å². The van der Waals surface area contributed by atoms with Gasteiger partial charge in [0.25, 0.3) is 0 Å². The van der Waals surface area contributed by atoms with Gasteiger partial charge in [-0.2, -0.15) is 0 Å². The van der Waals surface area contributed by atoms with Crippen LogP contribution < -0.4 is 5.73 Å². The molecule has 0 amide bonds. The zero-order chi connectivity index (χ0) is 12.7. The van der Waals surface area contributed by atoms with Crippen molar-refractivity contribution in [3.8, 4) is 0 Å². The second-order valence-electron chi connectivity index (χ2n) is 5.06. The van der Waals surface area contributed by atoms with Crippen LogP contribution in [0.5, 0.6) is 0 Å². The van der Waals surface area contributed by atoms with E-state index in [2.05, 4.69) is 49.7 Å². The first-order valence-electron chi connectivity index (χ1n) is 6.08. The van der Waals surface area contributed by atoms with Gasteiger partial charge in [0.2, 0.25) is 0 Å². The second-order valence-corrected chi connectivity index (χ2v) is 7.20. The minimum Gasteiger partial charge on any atom is -0.375 e. The Hall–Kier alpha value is 0.100. The lowest BCUT2D eigenvalue weighted by Crippen LogP contribution is -2.30. The molecule has 1 aromatic rings. The molecule has 1 fully saturated rings. The fraction of sp³-hybridized carbons (Fsp3) is 0.692. The smallest absolute Gasteiger partial charge is 0.0600 e. The summed E-state index contributed by atoms with van der Waals surface area (Å²) in [6, 6.07) is 2.24. The largest absolute Gasteiger partial charge is 0.375 e. The quantitative estimate of drug-likeness (QED) is 0.898. The van der Waals surface area contributed by atoms with Gasteiger partial charge in [0, 0.05) is 26.2 Å². The molecule has 1 aromatic heterocycles. The Morgan fingerprint density at radius 3 is 2.41 bits per heavy atom. The first-order chi connectivity index (χ1) is 7.91. The standard InChI is InChI=1S/C13H20BrNOS/c1-6-7(2)16-8(3)12(6)13(15)11-5-10(14)9(4)17-11/h5-8,12-13H,15H2,1-4H3. The molecule has 1 saturated heterocycles. The molecule has 0 saturated carbocycles. The van der Waals surface area contributed by atoms with Gasteiger partial charge in [0.15, 0.2) is 0 Å². The predicted octanol–water partition coefficient (Wildman–Crippen LogP) is 3.88. The zero-order valence-electron chi connectivity index (χ0n) is 10.7. The van der Waals surface area contributed by atoms with E-state index in [-0.39, 0.29) is 12.1 Å². The summed E-state index contributed by atoms with van der Waals surface area (Å²) < 4.78 is 7.05. The van der Waals surface area contributed by atoms with Gasteiger partial charge in [0.05, 0.1) is 12.2 Å². The van der Waals surface area contributed by atoms with Crippen LogP contribution in [0.1, 0.15) is 36.6 Å². The predicted molar refractivity (Wildman–Crippen MR) is 76.3 cm³/mol. The average Bonchev–Trinajstić information content (AvgIpc) is 2.70. The van der Waals surface area contributed by atoms with Crippen LogP contribution in [0.15, 0.2) is 10.5 Å². The molecule has 2 heterocycles. The Balaban J connectivity index is 2.22. The monoisotopic (exact) mass is 317 g/mol. The van der Waals surface area contributed by atoms with E-state index < -0.39 is 0 Å². The summed E-state index contributed by atoms with van der Waals surface area (Å²) in [5.74, 6) is 0.927. The van der Waals surface area contributed by atoms with Crippen LogP contribution in [0.4, 0.5) is 0 Å². The van der Waals surface area contributed by atoms with Crippen LogP contribution in [-0.2, 0) is 4.74 Å². The van der Waals surface area contributed by atoms with Crippen LogP contribution in [0.2, 0.25) is 0 Å². The molecular formula is C13H20BrNOS. The van der Waals surface area contributed by atoms with Crippen molar-refractivity contribution in [3.63, 3.8) is 0 Å². The molecule has 4 heteroatoms. The molecule has 0 aromatic carbocycles. The van der Waals surface area contributed by atoms with E-state index in [1.54, 1.807) is 11.3 Å². The highest BCUT2D eigenvalue weighted by Gasteiger charge is 2.41. The molecule has 96 valence electrons. The lowest BCUT2D eigenvalue weighted by Gasteiger charge is -2.24. The fourth-order valence-corrected chi connectivity index (χ4v) is 4.37. The number of nitrogens with two attached hydrogens (primary N) is 1. The van der Waals surface area contributed by atoms with Crippen molar-refractivity contribution in [1.82, 2.24) is 0 Å². The Morgan fingerprint density at radius 1 is 1.35 bits per heavy atom. The van der Waals surface area contributed by atoms with Gasteiger partial charge < -0.3 is 10.5 Å². The normalized spacial score (nSPS) is 35.2. The molecule has 1 aliphatic rings. The summed E-state index contributed by atoms with van der Waals surface area (Å²) in [4.78, 5) is 2.55. The Bertz CT molecular complexity index is 387. The molecule has 2 rings (SSSR count). The first kappa shape index (κ1) is 13.5. The van der Waals surface area contributed by atoms with E-state index in [4.69, 9.17) is 10.5 Å². The van der Waals surface area contributed by atoms with E-state index in [9.17, 15) is 0 Å². The molecule has 0 radical (unpaired) electrons. The van der Waals surface area contributed by atoms with E-state index in [0.717, 1.165) is 0 Å². The van der Waals surface area contributed by atoms with Gasteiger partial charge >= 0.3 is 0 Å². The Morgan fingerprint density at radius 2 is 2.00 bits per heavy atom. The van der Waals surface area contributed by atoms with Crippen molar-refractivity contribution in [1.29, 1.82) is 0 Å². The SMILES string of the molecule is Cc1sc(C(N)C2C(C)OC(C)C2C)cc1Br. The Labute approximate surface area is 116 Å². The van der Waals surface area contributed by atoms with Gasteiger partial charge in [-0.05, 0) is 48.7 Å². The highest BCUT2D eigenvalue weighted by molar-refractivity contribution is 9.10. The van der Waals surface area contributed by atoms with E-state index in [1.807, 2.05) is 0 Å². The van der Waals surface area contributed by atoms with Crippen LogP contribution in [-0.4, -0.2) is 12.2 Å². The molecule has 2 nitrogen and oxygen atoms in total. The van der Waals surface area contributed by atoms with E-state index in [1.165, 1.54) is 14.2 Å². The summed E-state index contributed by atoms with van der Waals surface area (Å²) in [6.45, 7) is 8.64. The van der Waals surface area contributed by atoms with Gasteiger partial charge in [-0.15, -0.1) is 11.3 Å². The number of halogens is 1. The molecule has 17 heavy (non-hydrogen) atoms. The van der Waals surface area contributed by atoms with Gasteiger partial charge in [0.1, 0.15) is 0 Å². The third-order valence-corrected chi connectivity index (χ3v) is 6.18. The van der Waals surface area contributed by atoms with E-state index in [0.29, 0.717) is 17.9 Å². The third kappa shape index (κ3) is 2.46. The topological polar surface area (TPSA) is 35.2 Å². The molecular weight excluding hydrogens is 298 g/mol. The van der Waals surface area contributed by atoms with Gasteiger partial charge in [-0.25, -0.2) is 0 Å². The van der Waals surface area contributed by atoms with Gasteiger partial charge in [-0.3, -0.25) is 0 Å². The van der Waals surface area contributed by atoms with Crippen molar-refractivity contribution >= 4 is 27.3 Å². The molecule has 0 bridgehead atoms. The van der Waals surface area contributed by atoms with Crippen molar-refractivity contribution in [2.45, 2.75) is 45.9 Å². The molecule has 0 spiro atoms. The van der Waals surface area contributed by atoms with Gasteiger partial charge in [-0.1, -0.05) is 6.92 Å². The van der Waals surface area contributed by atoms with Crippen LogP contribution in [0, 0.1) is 18.8 Å². The number of aryl methyl sites for hydroxylation is 1. The van der Waals surface area contributed by atoms with Crippen LogP contribution in [0.3, 0.4) is 0 Å². The summed E-state index contributed by atoms with van der Waals surface area (Å²) in [5, 5.41) is 0. The first-order valence-corrected chi connectivity index (χ1v) is 7.69. The lowest BCUT2D eigenvalue weighted by molar-refractivity contribution is 0.0490. The number of rotatable bonds is 2. The van der Waals surface area contributed by atoms with Crippen LogP contribution in [0.25, 0.3) is 0 Å². The van der Waals surface area contributed by atoms with Crippen molar-refractivity contribution in [3.05, 3.63) is 20.3 Å². The summed E-state index contributed by atoms with van der Waals surface area (Å²) in [7, 11) is 0. The number of thiophene rings is 1. The zero-order valence-corrected chi connectivity index (χ0v) is 13.1. The second kappa shape index (κ2) is 5.00. The number of hydrogen-bond acceptors (Lipinski definition) is 3. The number of hydrogen-bond donors (Lipinski definition) is 1. The molecule has 2 N–H and O–H groups in total. The Kier molecular flexibility index (Phi) is 3.98. The minimum absolute atomic E-state index is 0.0833. The molecule has 5 unspecified atom stereocenters. The number of ether oxygens (including phenoxy) is 1. The maximum atomic E-state index is 6.44. The fourth-order valence-electron chi connectivity index (χ4n) is 2.75. The molecule has 0 aliphatic carbocycles.